The average Bonchev–Trinajstić information content (AvgIpc) is 1.96. The van der Waals surface area contributed by atoms with Gasteiger partial charge >= 0.3 is 0 Å². The highest BCUT2D eigenvalue weighted by Crippen LogP contribution is 2.23. The van der Waals surface area contributed by atoms with E-state index in [1.54, 1.807) is 19.9 Å². The topological polar surface area (TPSA) is 9.23 Å². The van der Waals surface area contributed by atoms with Crippen molar-refractivity contribution in [2.24, 2.45) is 0 Å². The van der Waals surface area contributed by atoms with E-state index in [2.05, 4.69) is 0 Å². The molecule has 1 radical (unpaired) electrons. The molecular weight excluding hydrogens is 181 g/mol. The summed E-state index contributed by atoms with van der Waals surface area (Å²) < 4.78 is 42.8. The van der Waals surface area contributed by atoms with E-state index in [1.807, 2.05) is 0 Å². The molecule has 0 aliphatic rings. The molecule has 0 bridgehead atoms. The molecule has 1 nitrogen and oxygen atoms in total. The fourth-order valence-corrected chi connectivity index (χ4v) is 0.823. The number of rotatable bonds is 2. The van der Waals surface area contributed by atoms with Gasteiger partial charge in [-0.2, -0.15) is 0 Å². The summed E-state index contributed by atoms with van der Waals surface area (Å²) in [4.78, 5) is 0. The minimum atomic E-state index is -1.15. The van der Waals surface area contributed by atoms with Gasteiger partial charge in [0.2, 0.25) is 0 Å². The Morgan fingerprint density at radius 3 is 2.38 bits per heavy atom. The molecule has 0 spiro atoms. The van der Waals surface area contributed by atoms with Crippen molar-refractivity contribution >= 4 is 0 Å². The standard InChI is InChI=1S/C9H8F3O/c1-5(2)13-9-7(11)3-6(10)4-8(9)12/h3,5H,1-2H3. The van der Waals surface area contributed by atoms with Crippen molar-refractivity contribution in [2.45, 2.75) is 20.0 Å². The van der Waals surface area contributed by atoms with E-state index in [0.717, 1.165) is 0 Å². The Hall–Kier alpha value is -1.19. The van der Waals surface area contributed by atoms with Gasteiger partial charge in [-0.15, -0.1) is 0 Å². The van der Waals surface area contributed by atoms with Gasteiger partial charge in [0, 0.05) is 6.07 Å². The zero-order chi connectivity index (χ0) is 10.0. The first-order valence-corrected chi connectivity index (χ1v) is 3.74. The van der Waals surface area contributed by atoms with Crippen LogP contribution in [0.25, 0.3) is 0 Å². The zero-order valence-corrected chi connectivity index (χ0v) is 7.20. The van der Waals surface area contributed by atoms with E-state index in [0.29, 0.717) is 6.07 Å². The maximum absolute atomic E-state index is 12.8. The molecule has 71 valence electrons. The van der Waals surface area contributed by atoms with Gasteiger partial charge in [0.05, 0.1) is 12.2 Å². The molecule has 0 saturated heterocycles. The van der Waals surface area contributed by atoms with Crippen molar-refractivity contribution in [1.29, 1.82) is 0 Å². The third kappa shape index (κ3) is 2.37. The Kier molecular flexibility index (Phi) is 2.80. The van der Waals surface area contributed by atoms with Gasteiger partial charge in [-0.1, -0.05) is 0 Å². The number of benzene rings is 1. The van der Waals surface area contributed by atoms with Gasteiger partial charge in [-0.05, 0) is 13.8 Å². The fraction of sp³-hybridized carbons (Fsp3) is 0.333. The summed E-state index contributed by atoms with van der Waals surface area (Å²) in [5.41, 5.74) is 0. The fourth-order valence-electron chi connectivity index (χ4n) is 0.823. The van der Waals surface area contributed by atoms with Crippen LogP contribution in [0.2, 0.25) is 0 Å². The Bertz CT molecular complexity index is 287. The molecule has 1 aromatic rings. The summed E-state index contributed by atoms with van der Waals surface area (Å²) in [5, 5.41) is 0. The molecule has 0 saturated carbocycles. The lowest BCUT2D eigenvalue weighted by Gasteiger charge is -2.10. The molecule has 0 heterocycles. The first-order chi connectivity index (χ1) is 6.00. The minimum Gasteiger partial charge on any atom is -0.485 e. The number of hydrogen-bond donors (Lipinski definition) is 0. The normalized spacial score (nSPS) is 10.6. The lowest BCUT2D eigenvalue weighted by Crippen LogP contribution is -2.09. The predicted molar refractivity (Wildman–Crippen MR) is 40.9 cm³/mol. The average molecular weight is 189 g/mol. The summed E-state index contributed by atoms with van der Waals surface area (Å²) in [6, 6.07) is 2.22. The van der Waals surface area contributed by atoms with E-state index < -0.39 is 23.2 Å². The van der Waals surface area contributed by atoms with Crippen LogP contribution in [0, 0.1) is 23.5 Å². The van der Waals surface area contributed by atoms with Crippen LogP contribution < -0.4 is 4.74 Å². The summed E-state index contributed by atoms with van der Waals surface area (Å²) in [7, 11) is 0. The Labute approximate surface area is 74.1 Å². The highest BCUT2D eigenvalue weighted by Gasteiger charge is 2.14. The van der Waals surface area contributed by atoms with Gasteiger partial charge in [-0.25, -0.2) is 13.2 Å². The molecule has 0 unspecified atom stereocenters. The van der Waals surface area contributed by atoms with Gasteiger partial charge in [0.25, 0.3) is 0 Å². The molecule has 13 heavy (non-hydrogen) atoms. The van der Waals surface area contributed by atoms with Crippen molar-refractivity contribution in [1.82, 2.24) is 0 Å². The smallest absolute Gasteiger partial charge is 0.191 e. The summed E-state index contributed by atoms with van der Waals surface area (Å²) in [6.07, 6.45) is -0.372. The summed E-state index contributed by atoms with van der Waals surface area (Å²) in [5.74, 6) is -3.86. The van der Waals surface area contributed by atoms with E-state index in [9.17, 15) is 13.2 Å². The SMILES string of the molecule is CC(C)Oc1c(F)[c]c(F)cc1F. The van der Waals surface area contributed by atoms with E-state index >= 15 is 0 Å². The van der Waals surface area contributed by atoms with Crippen molar-refractivity contribution < 1.29 is 17.9 Å². The molecule has 0 aromatic heterocycles. The van der Waals surface area contributed by atoms with Crippen LogP contribution in [-0.2, 0) is 0 Å². The molecule has 0 aliphatic heterocycles. The van der Waals surface area contributed by atoms with Crippen LogP contribution >= 0.6 is 0 Å². The molecule has 0 fully saturated rings. The second kappa shape index (κ2) is 3.68. The van der Waals surface area contributed by atoms with Crippen LogP contribution in [-0.4, -0.2) is 6.10 Å². The van der Waals surface area contributed by atoms with Crippen LogP contribution in [0.5, 0.6) is 5.75 Å². The number of ether oxygens (including phenoxy) is 1. The molecule has 0 N–H and O–H groups in total. The van der Waals surface area contributed by atoms with Crippen molar-refractivity contribution in [3.8, 4) is 5.75 Å². The summed E-state index contributed by atoms with van der Waals surface area (Å²) >= 11 is 0. The molecule has 0 amide bonds. The Morgan fingerprint density at radius 2 is 1.92 bits per heavy atom. The first kappa shape index (κ1) is 9.89. The van der Waals surface area contributed by atoms with Crippen molar-refractivity contribution in [3.63, 3.8) is 0 Å². The maximum atomic E-state index is 12.8. The van der Waals surface area contributed by atoms with Gasteiger partial charge in [0.15, 0.2) is 17.4 Å². The van der Waals surface area contributed by atoms with E-state index in [-0.39, 0.29) is 6.10 Å². The van der Waals surface area contributed by atoms with Crippen LogP contribution in [0.1, 0.15) is 13.8 Å². The zero-order valence-electron chi connectivity index (χ0n) is 7.20. The monoisotopic (exact) mass is 189 g/mol. The predicted octanol–water partition coefficient (Wildman–Crippen LogP) is 2.69. The highest BCUT2D eigenvalue weighted by molar-refractivity contribution is 5.26. The minimum absolute atomic E-state index is 0.372. The third-order valence-electron chi connectivity index (χ3n) is 1.25. The lowest BCUT2D eigenvalue weighted by molar-refractivity contribution is 0.218. The van der Waals surface area contributed by atoms with Gasteiger partial charge < -0.3 is 4.74 Å². The number of hydrogen-bond acceptors (Lipinski definition) is 1. The van der Waals surface area contributed by atoms with Gasteiger partial charge in [-0.3, -0.25) is 0 Å². The highest BCUT2D eigenvalue weighted by atomic mass is 19.1. The van der Waals surface area contributed by atoms with E-state index in [1.165, 1.54) is 0 Å². The summed E-state index contributed by atoms with van der Waals surface area (Å²) in [6.45, 7) is 3.23. The lowest BCUT2D eigenvalue weighted by atomic mass is 10.3. The Morgan fingerprint density at radius 1 is 1.31 bits per heavy atom. The van der Waals surface area contributed by atoms with Crippen LogP contribution in [0.15, 0.2) is 6.07 Å². The first-order valence-electron chi connectivity index (χ1n) is 3.74. The Balaban J connectivity index is 3.06. The molecule has 0 atom stereocenters. The number of halogens is 3. The molecule has 1 aromatic carbocycles. The van der Waals surface area contributed by atoms with Crippen molar-refractivity contribution in [2.75, 3.05) is 0 Å². The van der Waals surface area contributed by atoms with Crippen molar-refractivity contribution in [3.05, 3.63) is 29.6 Å². The molecular formula is C9H8F3O. The van der Waals surface area contributed by atoms with Gasteiger partial charge in [0.1, 0.15) is 5.82 Å². The largest absolute Gasteiger partial charge is 0.485 e. The molecule has 1 rings (SSSR count). The maximum Gasteiger partial charge on any atom is 0.191 e. The molecule has 4 heteroatoms. The second-order valence-electron chi connectivity index (χ2n) is 2.77. The quantitative estimate of drug-likeness (QED) is 0.695. The van der Waals surface area contributed by atoms with Crippen LogP contribution in [0.4, 0.5) is 13.2 Å². The molecule has 0 aliphatic carbocycles. The third-order valence-corrected chi connectivity index (χ3v) is 1.25. The van der Waals surface area contributed by atoms with E-state index in [4.69, 9.17) is 4.74 Å². The second-order valence-corrected chi connectivity index (χ2v) is 2.77. The van der Waals surface area contributed by atoms with Crippen LogP contribution in [0.3, 0.4) is 0 Å².